The van der Waals surface area contributed by atoms with Crippen LogP contribution >= 0.6 is 11.6 Å². The summed E-state index contributed by atoms with van der Waals surface area (Å²) in [5, 5.41) is 3.12. The van der Waals surface area contributed by atoms with Crippen molar-refractivity contribution in [2.75, 3.05) is 32.7 Å². The number of fused-ring (bicyclic) bond motifs is 1. The lowest BCUT2D eigenvalue weighted by Crippen LogP contribution is -2.36. The molecule has 5 rings (SSSR count). The van der Waals surface area contributed by atoms with Crippen LogP contribution in [0, 0.1) is 17.7 Å². The van der Waals surface area contributed by atoms with E-state index in [0.717, 1.165) is 25.2 Å². The molecule has 2 aliphatic heterocycles. The average molecular weight is 526 g/mol. The summed E-state index contributed by atoms with van der Waals surface area (Å²) in [6.45, 7) is 3.64. The highest BCUT2D eigenvalue weighted by atomic mass is 35.5. The standard InChI is InChI=1S/C27H29ClFN5O3/c1-32-13-11-30-26(32)37-27(36)31-23(18-6-3-2-4-7-18)10-12-33-14-19-16-34(17-20(19)15-33)25(35)24-21(28)8-5-9-22(24)29/h2-9,11,13,19-20,23H,10,12,14-17H2,1H3,(H,31,36)/t19-,20?,23?/m0/s1. The third-order valence-corrected chi connectivity index (χ3v) is 7.53. The Labute approximate surface area is 220 Å². The first-order valence-corrected chi connectivity index (χ1v) is 12.7. The van der Waals surface area contributed by atoms with Crippen LogP contribution in [0.1, 0.15) is 28.4 Å². The number of benzene rings is 2. The third kappa shape index (κ3) is 5.62. The Bertz CT molecular complexity index is 1240. The number of aromatic nitrogens is 2. The SMILES string of the molecule is Cn1ccnc1OC(=O)NC(CCN1CC2CN(C(=O)c3c(F)cccc3Cl)C[C@@H]2C1)c1ccccc1. The molecule has 3 atom stereocenters. The monoisotopic (exact) mass is 525 g/mol. The molecule has 0 bridgehead atoms. The minimum atomic E-state index is -0.586. The van der Waals surface area contributed by atoms with Crippen LogP contribution in [-0.2, 0) is 7.05 Å². The molecule has 194 valence electrons. The van der Waals surface area contributed by atoms with E-state index in [1.165, 1.54) is 12.1 Å². The molecule has 1 aromatic heterocycles. The van der Waals surface area contributed by atoms with E-state index in [1.807, 2.05) is 30.3 Å². The molecule has 2 amide bonds. The Morgan fingerprint density at radius 1 is 1.11 bits per heavy atom. The fourth-order valence-electron chi connectivity index (χ4n) is 5.32. The number of imidazole rings is 1. The van der Waals surface area contributed by atoms with Gasteiger partial charge in [-0.15, -0.1) is 0 Å². The Morgan fingerprint density at radius 2 is 1.84 bits per heavy atom. The van der Waals surface area contributed by atoms with Crippen molar-refractivity contribution in [1.82, 2.24) is 24.7 Å². The minimum Gasteiger partial charge on any atom is -0.375 e. The summed E-state index contributed by atoms with van der Waals surface area (Å²) < 4.78 is 21.3. The molecule has 2 unspecified atom stereocenters. The molecule has 37 heavy (non-hydrogen) atoms. The van der Waals surface area contributed by atoms with Crippen molar-refractivity contribution in [3.8, 4) is 6.01 Å². The number of rotatable bonds is 7. The van der Waals surface area contributed by atoms with Crippen molar-refractivity contribution in [1.29, 1.82) is 0 Å². The highest BCUT2D eigenvalue weighted by Gasteiger charge is 2.42. The van der Waals surface area contributed by atoms with Crippen molar-refractivity contribution in [3.63, 3.8) is 0 Å². The summed E-state index contributed by atoms with van der Waals surface area (Å²) in [4.78, 5) is 33.7. The van der Waals surface area contributed by atoms with Gasteiger partial charge in [0, 0.05) is 52.2 Å². The highest BCUT2D eigenvalue weighted by molar-refractivity contribution is 6.33. The molecule has 0 radical (unpaired) electrons. The number of carbonyl (C=O) groups is 2. The number of hydrogen-bond donors (Lipinski definition) is 1. The lowest BCUT2D eigenvalue weighted by molar-refractivity contribution is 0.0769. The molecule has 0 spiro atoms. The van der Waals surface area contributed by atoms with Crippen LogP contribution in [0.4, 0.5) is 9.18 Å². The second-order valence-corrected chi connectivity index (χ2v) is 10.1. The lowest BCUT2D eigenvalue weighted by Gasteiger charge is -2.25. The maximum absolute atomic E-state index is 14.3. The fourth-order valence-corrected chi connectivity index (χ4v) is 5.57. The van der Waals surface area contributed by atoms with Gasteiger partial charge in [0.05, 0.1) is 16.6 Å². The molecule has 2 aliphatic rings. The van der Waals surface area contributed by atoms with Gasteiger partial charge in [-0.2, -0.15) is 0 Å². The van der Waals surface area contributed by atoms with Gasteiger partial charge >= 0.3 is 12.1 Å². The molecule has 2 fully saturated rings. The molecule has 3 aromatic rings. The molecule has 2 saturated heterocycles. The molecule has 3 heterocycles. The van der Waals surface area contributed by atoms with Gasteiger partial charge in [-0.3, -0.25) is 4.79 Å². The maximum Gasteiger partial charge on any atom is 0.415 e. The van der Waals surface area contributed by atoms with Crippen molar-refractivity contribution >= 4 is 23.6 Å². The van der Waals surface area contributed by atoms with Gasteiger partial charge < -0.3 is 24.4 Å². The fraction of sp³-hybridized carbons (Fsp3) is 0.370. The van der Waals surface area contributed by atoms with E-state index in [1.54, 1.807) is 35.0 Å². The van der Waals surface area contributed by atoms with Gasteiger partial charge in [-0.1, -0.05) is 48.0 Å². The molecular weight excluding hydrogens is 497 g/mol. The zero-order chi connectivity index (χ0) is 25.9. The quantitative estimate of drug-likeness (QED) is 0.501. The number of halogens is 2. The summed E-state index contributed by atoms with van der Waals surface area (Å²) in [6, 6.07) is 14.1. The Morgan fingerprint density at radius 3 is 2.49 bits per heavy atom. The van der Waals surface area contributed by atoms with Gasteiger partial charge in [0.15, 0.2) is 0 Å². The Balaban J connectivity index is 1.17. The topological polar surface area (TPSA) is 79.7 Å². The van der Waals surface area contributed by atoms with Gasteiger partial charge in [0.1, 0.15) is 5.82 Å². The van der Waals surface area contributed by atoms with E-state index in [2.05, 4.69) is 15.2 Å². The molecule has 10 heteroatoms. The number of likely N-dealkylation sites (tertiary alicyclic amines) is 2. The predicted molar refractivity (Wildman–Crippen MR) is 137 cm³/mol. The predicted octanol–water partition coefficient (Wildman–Crippen LogP) is 4.14. The molecule has 0 aliphatic carbocycles. The zero-order valence-electron chi connectivity index (χ0n) is 20.5. The van der Waals surface area contributed by atoms with Crippen molar-refractivity contribution in [2.45, 2.75) is 12.5 Å². The largest absolute Gasteiger partial charge is 0.415 e. The molecule has 0 saturated carbocycles. The Kier molecular flexibility index (Phi) is 7.43. The number of carbonyl (C=O) groups excluding carboxylic acids is 2. The second kappa shape index (κ2) is 10.9. The van der Waals surface area contributed by atoms with Gasteiger partial charge in [-0.25, -0.2) is 14.2 Å². The number of amides is 2. The summed E-state index contributed by atoms with van der Waals surface area (Å²) >= 11 is 6.11. The number of nitrogens with zero attached hydrogens (tertiary/aromatic N) is 4. The second-order valence-electron chi connectivity index (χ2n) is 9.69. The first-order valence-electron chi connectivity index (χ1n) is 12.3. The van der Waals surface area contributed by atoms with Crippen LogP contribution in [0.3, 0.4) is 0 Å². The van der Waals surface area contributed by atoms with Crippen LogP contribution in [0.15, 0.2) is 60.9 Å². The van der Waals surface area contributed by atoms with Crippen molar-refractivity contribution in [2.24, 2.45) is 18.9 Å². The van der Waals surface area contributed by atoms with Crippen LogP contribution in [0.2, 0.25) is 5.02 Å². The van der Waals surface area contributed by atoms with Crippen molar-refractivity contribution in [3.05, 3.63) is 82.9 Å². The van der Waals surface area contributed by atoms with E-state index >= 15 is 0 Å². The molecular formula is C27H29ClFN5O3. The summed E-state index contributed by atoms with van der Waals surface area (Å²) in [5.41, 5.74) is 0.951. The number of nitrogens with one attached hydrogen (secondary N) is 1. The summed E-state index contributed by atoms with van der Waals surface area (Å²) in [5.74, 6) is -0.280. The van der Waals surface area contributed by atoms with Crippen LogP contribution in [0.25, 0.3) is 0 Å². The minimum absolute atomic E-state index is 0.0461. The Hall–Kier alpha value is -3.43. The molecule has 8 nitrogen and oxygen atoms in total. The third-order valence-electron chi connectivity index (χ3n) is 7.21. The highest BCUT2D eigenvalue weighted by Crippen LogP contribution is 2.33. The van der Waals surface area contributed by atoms with E-state index in [4.69, 9.17) is 16.3 Å². The average Bonchev–Trinajstić information content (AvgIpc) is 3.57. The summed E-state index contributed by atoms with van der Waals surface area (Å²) in [6.07, 6.45) is 3.43. The molecule has 2 aromatic carbocycles. The van der Waals surface area contributed by atoms with Gasteiger partial charge in [-0.05, 0) is 36.0 Å². The van der Waals surface area contributed by atoms with E-state index in [-0.39, 0.29) is 28.5 Å². The maximum atomic E-state index is 14.3. The van der Waals surface area contributed by atoms with E-state index < -0.39 is 11.9 Å². The van der Waals surface area contributed by atoms with Gasteiger partial charge in [0.25, 0.3) is 5.91 Å². The van der Waals surface area contributed by atoms with E-state index in [0.29, 0.717) is 31.3 Å². The number of aryl methyl sites for hydroxylation is 1. The first kappa shape index (κ1) is 25.2. The normalized spacial score (nSPS) is 20.0. The van der Waals surface area contributed by atoms with Gasteiger partial charge in [0.2, 0.25) is 0 Å². The summed E-state index contributed by atoms with van der Waals surface area (Å²) in [7, 11) is 1.76. The zero-order valence-corrected chi connectivity index (χ0v) is 21.3. The van der Waals surface area contributed by atoms with E-state index in [9.17, 15) is 14.0 Å². The van der Waals surface area contributed by atoms with Crippen LogP contribution in [0.5, 0.6) is 6.01 Å². The molecule has 1 N–H and O–H groups in total. The van der Waals surface area contributed by atoms with Crippen LogP contribution in [-0.4, -0.2) is 64.1 Å². The number of ether oxygens (including phenoxy) is 1. The van der Waals surface area contributed by atoms with Crippen molar-refractivity contribution < 1.29 is 18.7 Å². The lowest BCUT2D eigenvalue weighted by atomic mass is 10.0. The van der Waals surface area contributed by atoms with Crippen LogP contribution < -0.4 is 10.1 Å². The smallest absolute Gasteiger partial charge is 0.375 e. The number of hydrogen-bond acceptors (Lipinski definition) is 5. The first-order chi connectivity index (χ1) is 17.9.